The maximum atomic E-state index is 13.5. The molecule has 0 aliphatic rings. The Bertz CT molecular complexity index is 1030. The van der Waals surface area contributed by atoms with Crippen LogP contribution < -0.4 is 23.7 Å². The number of ether oxygens (including phenoxy) is 5. The Morgan fingerprint density at radius 3 is 1.69 bits per heavy atom. The molecule has 0 amide bonds. The van der Waals surface area contributed by atoms with Crippen molar-refractivity contribution < 1.29 is 28.5 Å². The van der Waals surface area contributed by atoms with Crippen LogP contribution in [-0.4, -0.2) is 36.3 Å². The van der Waals surface area contributed by atoms with Crippen LogP contribution in [0, 0.1) is 0 Å². The van der Waals surface area contributed by atoms with Crippen LogP contribution >= 0.6 is 0 Å². The number of carbonyl (C=O) groups is 1. The lowest BCUT2D eigenvalue weighted by atomic mass is 10.1. The summed E-state index contributed by atoms with van der Waals surface area (Å²) >= 11 is 0. The van der Waals surface area contributed by atoms with E-state index in [2.05, 4.69) is 0 Å². The number of benzene rings is 2. The fourth-order valence-electron chi connectivity index (χ4n) is 3.42. The molecule has 0 heterocycles. The Labute approximate surface area is 216 Å². The van der Waals surface area contributed by atoms with Crippen LogP contribution in [-0.2, 0) is 0 Å². The standard InChI is InChI=1S/C30H42O6/c1-18(2)32-24-12-14-28(34-20(5)6)23(15-24)11-13-27(31)26-16-25(33-19(3)4)17-29(35-21(7)8)30(26)36-22(9)10/h11-22H,1-10H3/b13-11+. The van der Waals surface area contributed by atoms with Gasteiger partial charge in [0.15, 0.2) is 17.3 Å². The second-order valence-corrected chi connectivity index (χ2v) is 10.0. The van der Waals surface area contributed by atoms with Crippen LogP contribution in [0.25, 0.3) is 6.08 Å². The SMILES string of the molecule is CC(C)Oc1ccc(OC(C)C)c(/C=C/C(=O)c2cc(OC(C)C)cc(OC(C)C)c2OC(C)C)c1. The van der Waals surface area contributed by atoms with Crippen LogP contribution in [0.3, 0.4) is 0 Å². The third kappa shape index (κ3) is 9.14. The molecule has 6 heteroatoms. The molecule has 0 fully saturated rings. The highest BCUT2D eigenvalue weighted by Crippen LogP contribution is 2.38. The summed E-state index contributed by atoms with van der Waals surface area (Å²) in [7, 11) is 0. The molecule has 0 radical (unpaired) electrons. The molecule has 0 saturated carbocycles. The Morgan fingerprint density at radius 1 is 0.611 bits per heavy atom. The van der Waals surface area contributed by atoms with Crippen molar-refractivity contribution in [2.75, 3.05) is 0 Å². The van der Waals surface area contributed by atoms with E-state index in [-0.39, 0.29) is 36.3 Å². The highest BCUT2D eigenvalue weighted by atomic mass is 16.5. The quantitative estimate of drug-likeness (QED) is 0.210. The molecule has 0 aliphatic heterocycles. The van der Waals surface area contributed by atoms with Crippen molar-refractivity contribution >= 4 is 11.9 Å². The predicted molar refractivity (Wildman–Crippen MR) is 145 cm³/mol. The normalized spacial score (nSPS) is 11.8. The number of allylic oxidation sites excluding steroid dienone is 1. The highest BCUT2D eigenvalue weighted by Gasteiger charge is 2.21. The molecule has 0 saturated heterocycles. The minimum Gasteiger partial charge on any atom is -0.491 e. The summed E-state index contributed by atoms with van der Waals surface area (Å²) < 4.78 is 29.8. The minimum absolute atomic E-state index is 0.0173. The second kappa shape index (κ2) is 13.2. The van der Waals surface area contributed by atoms with E-state index in [1.165, 1.54) is 6.08 Å². The Kier molecular flexibility index (Phi) is 10.7. The summed E-state index contributed by atoms with van der Waals surface area (Å²) in [5.74, 6) is 2.56. The summed E-state index contributed by atoms with van der Waals surface area (Å²) in [5.41, 5.74) is 1.12. The first kappa shape index (κ1) is 29.1. The van der Waals surface area contributed by atoms with Gasteiger partial charge in [0.25, 0.3) is 0 Å². The Hall–Kier alpha value is -3.15. The van der Waals surface area contributed by atoms with Gasteiger partial charge in [-0.2, -0.15) is 0 Å². The van der Waals surface area contributed by atoms with Crippen molar-refractivity contribution in [2.45, 2.75) is 99.8 Å². The summed E-state index contributed by atoms with van der Waals surface area (Å²) in [6.45, 7) is 19.4. The maximum Gasteiger partial charge on any atom is 0.189 e. The third-order valence-corrected chi connectivity index (χ3v) is 4.51. The molecule has 0 spiro atoms. The zero-order chi connectivity index (χ0) is 27.0. The van der Waals surface area contributed by atoms with Gasteiger partial charge in [-0.3, -0.25) is 4.79 Å². The van der Waals surface area contributed by atoms with E-state index in [4.69, 9.17) is 23.7 Å². The number of ketones is 1. The third-order valence-electron chi connectivity index (χ3n) is 4.51. The lowest BCUT2D eigenvalue weighted by Crippen LogP contribution is -2.15. The molecule has 0 aromatic heterocycles. The van der Waals surface area contributed by atoms with Crippen molar-refractivity contribution in [1.82, 2.24) is 0 Å². The monoisotopic (exact) mass is 498 g/mol. The molecule has 0 aliphatic carbocycles. The van der Waals surface area contributed by atoms with Gasteiger partial charge in [0, 0.05) is 11.6 Å². The lowest BCUT2D eigenvalue weighted by Gasteiger charge is -2.21. The number of rotatable bonds is 13. The molecule has 6 nitrogen and oxygen atoms in total. The van der Waals surface area contributed by atoms with E-state index in [9.17, 15) is 4.79 Å². The summed E-state index contributed by atoms with van der Waals surface area (Å²) in [6.07, 6.45) is 2.95. The minimum atomic E-state index is -0.237. The Balaban J connectivity index is 2.56. The van der Waals surface area contributed by atoms with Crippen LogP contribution in [0.1, 0.15) is 85.2 Å². The van der Waals surface area contributed by atoms with E-state index in [1.54, 1.807) is 18.2 Å². The number of hydrogen-bond donors (Lipinski definition) is 0. The molecule has 2 rings (SSSR count). The van der Waals surface area contributed by atoms with Gasteiger partial charge in [0.05, 0.1) is 36.1 Å². The van der Waals surface area contributed by atoms with Crippen LogP contribution in [0.15, 0.2) is 36.4 Å². The van der Waals surface area contributed by atoms with Gasteiger partial charge >= 0.3 is 0 Å². The van der Waals surface area contributed by atoms with Crippen molar-refractivity contribution in [2.24, 2.45) is 0 Å². The maximum absolute atomic E-state index is 13.5. The first-order chi connectivity index (χ1) is 16.8. The van der Waals surface area contributed by atoms with Gasteiger partial charge < -0.3 is 23.7 Å². The van der Waals surface area contributed by atoms with Gasteiger partial charge in [-0.1, -0.05) is 0 Å². The Morgan fingerprint density at radius 2 is 1.14 bits per heavy atom. The highest BCUT2D eigenvalue weighted by molar-refractivity contribution is 6.09. The van der Waals surface area contributed by atoms with Crippen molar-refractivity contribution in [3.8, 4) is 28.7 Å². The average Bonchev–Trinajstić information content (AvgIpc) is 2.73. The smallest absolute Gasteiger partial charge is 0.189 e. The van der Waals surface area contributed by atoms with Gasteiger partial charge in [-0.05, 0) is 106 Å². The van der Waals surface area contributed by atoms with E-state index in [1.807, 2.05) is 87.4 Å². The topological polar surface area (TPSA) is 63.2 Å². The lowest BCUT2D eigenvalue weighted by molar-refractivity contribution is 0.103. The molecule has 198 valence electrons. The largest absolute Gasteiger partial charge is 0.491 e. The van der Waals surface area contributed by atoms with Gasteiger partial charge in [0.1, 0.15) is 17.2 Å². The van der Waals surface area contributed by atoms with Crippen LogP contribution in [0.4, 0.5) is 0 Å². The molecule has 2 aromatic carbocycles. The molecular formula is C30H42O6. The molecule has 0 bridgehead atoms. The van der Waals surface area contributed by atoms with Crippen LogP contribution in [0.5, 0.6) is 28.7 Å². The van der Waals surface area contributed by atoms with Crippen molar-refractivity contribution in [3.63, 3.8) is 0 Å². The van der Waals surface area contributed by atoms with E-state index >= 15 is 0 Å². The van der Waals surface area contributed by atoms with Gasteiger partial charge in [0.2, 0.25) is 0 Å². The molecular weight excluding hydrogens is 456 g/mol. The summed E-state index contributed by atoms with van der Waals surface area (Å²) in [4.78, 5) is 13.5. The average molecular weight is 499 g/mol. The van der Waals surface area contributed by atoms with Crippen LogP contribution in [0.2, 0.25) is 0 Å². The fourth-order valence-corrected chi connectivity index (χ4v) is 3.42. The molecule has 2 aromatic rings. The first-order valence-corrected chi connectivity index (χ1v) is 12.7. The number of hydrogen-bond acceptors (Lipinski definition) is 6. The molecule has 0 unspecified atom stereocenters. The molecule has 0 N–H and O–H groups in total. The van der Waals surface area contributed by atoms with Crippen molar-refractivity contribution in [1.29, 1.82) is 0 Å². The fraction of sp³-hybridized carbons (Fsp3) is 0.500. The second-order valence-electron chi connectivity index (χ2n) is 10.0. The van der Waals surface area contributed by atoms with E-state index in [0.717, 1.165) is 5.56 Å². The predicted octanol–water partition coefficient (Wildman–Crippen LogP) is 7.52. The number of carbonyl (C=O) groups excluding carboxylic acids is 1. The molecule has 36 heavy (non-hydrogen) atoms. The summed E-state index contributed by atoms with van der Waals surface area (Å²) in [5, 5.41) is 0. The molecule has 0 atom stereocenters. The van der Waals surface area contributed by atoms with Crippen molar-refractivity contribution in [3.05, 3.63) is 47.5 Å². The first-order valence-electron chi connectivity index (χ1n) is 12.7. The zero-order valence-corrected chi connectivity index (χ0v) is 23.4. The summed E-state index contributed by atoms with van der Waals surface area (Å²) in [6, 6.07) is 9.09. The van der Waals surface area contributed by atoms with E-state index < -0.39 is 0 Å². The van der Waals surface area contributed by atoms with Gasteiger partial charge in [-0.15, -0.1) is 0 Å². The van der Waals surface area contributed by atoms with Gasteiger partial charge in [-0.25, -0.2) is 0 Å². The van der Waals surface area contributed by atoms with E-state index in [0.29, 0.717) is 34.3 Å². The zero-order valence-electron chi connectivity index (χ0n) is 23.4.